The van der Waals surface area contributed by atoms with Crippen LogP contribution in [-0.4, -0.2) is 10.1 Å². The zero-order valence-corrected chi connectivity index (χ0v) is 10.6. The van der Waals surface area contributed by atoms with Gasteiger partial charge in [0.05, 0.1) is 6.10 Å². The second-order valence-electron chi connectivity index (χ2n) is 4.40. The van der Waals surface area contributed by atoms with Gasteiger partial charge in [-0.3, -0.25) is 4.98 Å². The van der Waals surface area contributed by atoms with Gasteiger partial charge in [-0.05, 0) is 43.2 Å². The van der Waals surface area contributed by atoms with Gasteiger partial charge in [0.2, 0.25) is 0 Å². The van der Waals surface area contributed by atoms with E-state index >= 15 is 0 Å². The Kier molecular flexibility index (Phi) is 3.95. The molecule has 0 saturated heterocycles. The number of pyridine rings is 1. The van der Waals surface area contributed by atoms with Gasteiger partial charge in [-0.15, -0.1) is 0 Å². The first-order valence-electron chi connectivity index (χ1n) is 5.96. The number of aliphatic hydroxyl groups is 1. The highest BCUT2D eigenvalue weighted by molar-refractivity contribution is 5.28. The number of ether oxygens (including phenoxy) is 1. The number of rotatable bonds is 4. The van der Waals surface area contributed by atoms with Crippen molar-refractivity contribution in [3.8, 4) is 5.75 Å². The van der Waals surface area contributed by atoms with Crippen LogP contribution in [0.4, 0.5) is 0 Å². The zero-order chi connectivity index (χ0) is 13.0. The molecule has 18 heavy (non-hydrogen) atoms. The molecule has 0 aliphatic heterocycles. The minimum absolute atomic E-state index is 0.444. The van der Waals surface area contributed by atoms with Crippen LogP contribution in [0.5, 0.6) is 5.75 Å². The number of aromatic nitrogens is 1. The molecule has 1 heterocycles. The average molecular weight is 243 g/mol. The molecule has 1 aromatic carbocycles. The number of hydrogen-bond acceptors (Lipinski definition) is 3. The molecule has 0 radical (unpaired) electrons. The standard InChI is InChI=1S/C15H17NO2/c1-11-7-13(9-16-8-11)10-18-15-5-3-14(4-6-15)12(2)17/h3-9,12,17H,10H2,1-2H3/t12-/m1/s1. The van der Waals surface area contributed by atoms with Gasteiger partial charge >= 0.3 is 0 Å². The maximum atomic E-state index is 9.40. The summed E-state index contributed by atoms with van der Waals surface area (Å²) in [6.07, 6.45) is 3.18. The highest BCUT2D eigenvalue weighted by Gasteiger charge is 2.01. The molecule has 0 bridgehead atoms. The molecule has 1 atom stereocenters. The number of hydrogen-bond donors (Lipinski definition) is 1. The lowest BCUT2D eigenvalue weighted by Crippen LogP contribution is -1.97. The second-order valence-corrected chi connectivity index (χ2v) is 4.40. The van der Waals surface area contributed by atoms with Crippen LogP contribution in [-0.2, 0) is 6.61 Å². The fourth-order valence-electron chi connectivity index (χ4n) is 1.71. The third kappa shape index (κ3) is 3.31. The van der Waals surface area contributed by atoms with Gasteiger partial charge in [-0.2, -0.15) is 0 Å². The van der Waals surface area contributed by atoms with E-state index in [0.717, 1.165) is 22.4 Å². The van der Waals surface area contributed by atoms with Crippen LogP contribution < -0.4 is 4.74 Å². The first kappa shape index (κ1) is 12.6. The fraction of sp³-hybridized carbons (Fsp3) is 0.267. The van der Waals surface area contributed by atoms with Crippen molar-refractivity contribution in [3.63, 3.8) is 0 Å². The van der Waals surface area contributed by atoms with Crippen molar-refractivity contribution < 1.29 is 9.84 Å². The summed E-state index contributed by atoms with van der Waals surface area (Å²) in [5.41, 5.74) is 3.06. The Hall–Kier alpha value is -1.87. The Morgan fingerprint density at radius 3 is 2.56 bits per heavy atom. The molecule has 0 spiro atoms. The summed E-state index contributed by atoms with van der Waals surface area (Å²) in [6, 6.07) is 9.52. The van der Waals surface area contributed by atoms with Gasteiger partial charge in [-0.25, -0.2) is 0 Å². The molecule has 0 saturated carbocycles. The molecule has 0 aliphatic carbocycles. The van der Waals surface area contributed by atoms with E-state index in [-0.39, 0.29) is 0 Å². The predicted octanol–water partition coefficient (Wildman–Crippen LogP) is 3.02. The summed E-state index contributed by atoms with van der Waals surface area (Å²) in [5.74, 6) is 0.793. The first-order chi connectivity index (χ1) is 8.65. The summed E-state index contributed by atoms with van der Waals surface area (Å²) in [5, 5.41) is 9.40. The Morgan fingerprint density at radius 1 is 1.22 bits per heavy atom. The van der Waals surface area contributed by atoms with E-state index in [4.69, 9.17) is 4.74 Å². The molecule has 0 unspecified atom stereocenters. The van der Waals surface area contributed by atoms with E-state index in [1.54, 1.807) is 13.1 Å². The molecule has 0 aliphatic rings. The Bertz CT molecular complexity index is 506. The third-order valence-electron chi connectivity index (χ3n) is 2.70. The minimum atomic E-state index is -0.444. The quantitative estimate of drug-likeness (QED) is 0.897. The van der Waals surface area contributed by atoms with Crippen molar-refractivity contribution in [1.82, 2.24) is 4.98 Å². The van der Waals surface area contributed by atoms with Crippen LogP contribution >= 0.6 is 0 Å². The molecule has 2 aromatic rings. The summed E-state index contributed by atoms with van der Waals surface area (Å²) >= 11 is 0. The van der Waals surface area contributed by atoms with Crippen LogP contribution in [0.3, 0.4) is 0 Å². The molecule has 3 heteroatoms. The van der Waals surface area contributed by atoms with Gasteiger partial charge in [0, 0.05) is 18.0 Å². The minimum Gasteiger partial charge on any atom is -0.489 e. The van der Waals surface area contributed by atoms with E-state index in [1.807, 2.05) is 37.4 Å². The topological polar surface area (TPSA) is 42.4 Å². The van der Waals surface area contributed by atoms with Crippen LogP contribution in [0.2, 0.25) is 0 Å². The summed E-state index contributed by atoms with van der Waals surface area (Å²) < 4.78 is 5.66. The molecule has 94 valence electrons. The van der Waals surface area contributed by atoms with Gasteiger partial charge < -0.3 is 9.84 Å². The zero-order valence-electron chi connectivity index (χ0n) is 10.6. The van der Waals surface area contributed by atoms with Crippen LogP contribution in [0, 0.1) is 6.92 Å². The summed E-state index contributed by atoms with van der Waals surface area (Å²) in [6.45, 7) is 4.25. The Balaban J connectivity index is 1.98. The molecule has 1 N–H and O–H groups in total. The van der Waals surface area contributed by atoms with Gasteiger partial charge in [0.25, 0.3) is 0 Å². The highest BCUT2D eigenvalue weighted by Crippen LogP contribution is 2.18. The van der Waals surface area contributed by atoms with E-state index in [9.17, 15) is 5.11 Å². The third-order valence-corrected chi connectivity index (χ3v) is 2.70. The predicted molar refractivity (Wildman–Crippen MR) is 70.4 cm³/mol. The molecular formula is C15H17NO2. The fourth-order valence-corrected chi connectivity index (χ4v) is 1.71. The smallest absolute Gasteiger partial charge is 0.119 e. The second kappa shape index (κ2) is 5.65. The van der Waals surface area contributed by atoms with E-state index < -0.39 is 6.10 Å². The Morgan fingerprint density at radius 2 is 1.94 bits per heavy atom. The molecular weight excluding hydrogens is 226 g/mol. The van der Waals surface area contributed by atoms with Crippen molar-refractivity contribution in [3.05, 3.63) is 59.4 Å². The lowest BCUT2D eigenvalue weighted by atomic mass is 10.1. The average Bonchev–Trinajstić information content (AvgIpc) is 2.37. The van der Waals surface area contributed by atoms with Crippen LogP contribution in [0.15, 0.2) is 42.7 Å². The van der Waals surface area contributed by atoms with E-state index in [2.05, 4.69) is 11.1 Å². The largest absolute Gasteiger partial charge is 0.489 e. The van der Waals surface area contributed by atoms with E-state index in [1.165, 1.54) is 0 Å². The monoisotopic (exact) mass is 243 g/mol. The highest BCUT2D eigenvalue weighted by atomic mass is 16.5. The van der Waals surface area contributed by atoms with Crippen molar-refractivity contribution >= 4 is 0 Å². The molecule has 1 aromatic heterocycles. The molecule has 0 fully saturated rings. The van der Waals surface area contributed by atoms with Crippen molar-refractivity contribution in [2.24, 2.45) is 0 Å². The SMILES string of the molecule is Cc1cncc(COc2ccc([C@@H](C)O)cc2)c1. The number of aliphatic hydroxyl groups excluding tert-OH is 1. The maximum absolute atomic E-state index is 9.40. The van der Waals surface area contributed by atoms with Crippen LogP contribution in [0.1, 0.15) is 29.7 Å². The summed E-state index contributed by atoms with van der Waals surface area (Å²) in [7, 11) is 0. The van der Waals surface area contributed by atoms with Crippen molar-refractivity contribution in [2.45, 2.75) is 26.6 Å². The van der Waals surface area contributed by atoms with Crippen molar-refractivity contribution in [2.75, 3.05) is 0 Å². The maximum Gasteiger partial charge on any atom is 0.119 e. The van der Waals surface area contributed by atoms with Crippen molar-refractivity contribution in [1.29, 1.82) is 0 Å². The summed E-state index contributed by atoms with van der Waals surface area (Å²) in [4.78, 5) is 4.12. The normalized spacial score (nSPS) is 12.2. The van der Waals surface area contributed by atoms with Gasteiger partial charge in [0.15, 0.2) is 0 Å². The lowest BCUT2D eigenvalue weighted by Gasteiger charge is -2.08. The molecule has 0 amide bonds. The number of benzene rings is 1. The number of aryl methyl sites for hydroxylation is 1. The molecule has 3 nitrogen and oxygen atoms in total. The first-order valence-corrected chi connectivity index (χ1v) is 5.96. The number of nitrogens with zero attached hydrogens (tertiary/aromatic N) is 1. The Labute approximate surface area is 107 Å². The van der Waals surface area contributed by atoms with E-state index in [0.29, 0.717) is 6.61 Å². The molecule has 2 rings (SSSR count). The van der Waals surface area contributed by atoms with Crippen LogP contribution in [0.25, 0.3) is 0 Å². The van der Waals surface area contributed by atoms with Gasteiger partial charge in [0.1, 0.15) is 12.4 Å². The lowest BCUT2D eigenvalue weighted by molar-refractivity contribution is 0.199. The van der Waals surface area contributed by atoms with Gasteiger partial charge in [-0.1, -0.05) is 12.1 Å².